The lowest BCUT2D eigenvalue weighted by Gasteiger charge is -2.37. The van der Waals surface area contributed by atoms with Crippen molar-refractivity contribution in [3.63, 3.8) is 0 Å². The number of hydrogen-bond acceptors (Lipinski definition) is 4. The number of likely N-dealkylation sites (tertiary alicyclic amines) is 1. The molecule has 0 bridgehead atoms. The summed E-state index contributed by atoms with van der Waals surface area (Å²) in [4.78, 5) is 14.6. The van der Waals surface area contributed by atoms with Crippen molar-refractivity contribution in [3.05, 3.63) is 0 Å². The molecule has 2 rings (SSSR count). The minimum atomic E-state index is -3.39. The number of piperidine rings is 1. The number of carbonyl (C=O) groups excluding carboxylic acids is 1. The van der Waals surface area contributed by atoms with Crippen molar-refractivity contribution in [2.75, 3.05) is 32.4 Å². The van der Waals surface area contributed by atoms with Gasteiger partial charge in [-0.3, -0.25) is 4.79 Å². The Kier molecular flexibility index (Phi) is 6.09. The van der Waals surface area contributed by atoms with Crippen LogP contribution in [0.25, 0.3) is 0 Å². The van der Waals surface area contributed by atoms with E-state index < -0.39 is 14.6 Å². The summed E-state index contributed by atoms with van der Waals surface area (Å²) in [6.07, 6.45) is 2.99. The third-order valence-corrected chi connectivity index (χ3v) is 6.97. The van der Waals surface area contributed by atoms with E-state index in [9.17, 15) is 13.2 Å². The maximum Gasteiger partial charge on any atom is 0.244 e. The highest BCUT2D eigenvalue weighted by Gasteiger charge is 2.51. The van der Waals surface area contributed by atoms with Gasteiger partial charge in [-0.05, 0) is 44.2 Å². The first-order valence-corrected chi connectivity index (χ1v) is 9.37. The first-order chi connectivity index (χ1) is 9.28. The van der Waals surface area contributed by atoms with Crippen molar-refractivity contribution in [1.82, 2.24) is 10.2 Å². The third-order valence-electron chi connectivity index (χ3n) is 4.97. The van der Waals surface area contributed by atoms with Gasteiger partial charge in [-0.25, -0.2) is 8.42 Å². The smallest absolute Gasteiger partial charge is 0.244 e. The summed E-state index contributed by atoms with van der Waals surface area (Å²) in [6.45, 7) is 6.93. The Balaban J connectivity index is 0.00000220. The Hall–Kier alpha value is -0.330. The molecule has 0 aromatic heterocycles. The molecule has 1 atom stereocenters. The fraction of sp³-hybridized carbons (Fsp3) is 0.929. The lowest BCUT2D eigenvalue weighted by Crippen LogP contribution is -2.57. The molecule has 7 heteroatoms. The summed E-state index contributed by atoms with van der Waals surface area (Å²) in [6, 6.07) is 0. The minimum absolute atomic E-state index is 0. The van der Waals surface area contributed by atoms with Crippen LogP contribution < -0.4 is 5.32 Å². The van der Waals surface area contributed by atoms with Gasteiger partial charge < -0.3 is 10.2 Å². The van der Waals surface area contributed by atoms with Gasteiger partial charge in [0.2, 0.25) is 5.91 Å². The van der Waals surface area contributed by atoms with Crippen LogP contribution in [0, 0.1) is 11.8 Å². The van der Waals surface area contributed by atoms with E-state index in [-0.39, 0.29) is 18.3 Å². The zero-order chi connectivity index (χ0) is 15.0. The van der Waals surface area contributed by atoms with Crippen LogP contribution in [0.5, 0.6) is 0 Å². The molecule has 0 aromatic carbocycles. The molecule has 1 unspecified atom stereocenters. The third kappa shape index (κ3) is 3.54. The van der Waals surface area contributed by atoms with Gasteiger partial charge in [0.1, 0.15) is 0 Å². The molecule has 2 heterocycles. The number of amides is 1. The summed E-state index contributed by atoms with van der Waals surface area (Å²) in [7, 11) is -3.39. The first kappa shape index (κ1) is 18.7. The number of hydrogen-bond donors (Lipinski definition) is 1. The predicted octanol–water partition coefficient (Wildman–Crippen LogP) is 1.08. The molecule has 0 radical (unpaired) electrons. The Morgan fingerprint density at radius 2 is 1.86 bits per heavy atom. The molecule has 1 amide bonds. The van der Waals surface area contributed by atoms with Crippen LogP contribution in [-0.2, 0) is 14.6 Å². The molecule has 124 valence electrons. The van der Waals surface area contributed by atoms with Crippen molar-refractivity contribution in [2.24, 2.45) is 11.8 Å². The molecule has 2 aliphatic heterocycles. The summed E-state index contributed by atoms with van der Waals surface area (Å²) in [5.74, 6) is 0.872. The van der Waals surface area contributed by atoms with Gasteiger partial charge in [-0.2, -0.15) is 0 Å². The molecule has 2 fully saturated rings. The van der Waals surface area contributed by atoms with E-state index in [2.05, 4.69) is 19.2 Å². The quantitative estimate of drug-likeness (QED) is 0.836. The van der Waals surface area contributed by atoms with Gasteiger partial charge in [0, 0.05) is 19.3 Å². The summed E-state index contributed by atoms with van der Waals surface area (Å²) < 4.78 is 23.3. The molecule has 0 saturated carbocycles. The van der Waals surface area contributed by atoms with E-state index in [4.69, 9.17) is 0 Å². The molecular weight excluding hydrogens is 312 g/mol. The number of rotatable bonds is 3. The van der Waals surface area contributed by atoms with E-state index >= 15 is 0 Å². The standard InChI is InChI=1S/C14H26N2O3S.ClH/c1-11(2)12-4-9-16(10-12)13(17)14(20(3,18)19)5-7-15-8-6-14;/h11-12,15H,4-10H2,1-3H3;1H. The largest absolute Gasteiger partial charge is 0.341 e. The monoisotopic (exact) mass is 338 g/mol. The zero-order valence-corrected chi connectivity index (χ0v) is 14.7. The second-order valence-electron chi connectivity index (χ2n) is 6.56. The van der Waals surface area contributed by atoms with Gasteiger partial charge in [-0.15, -0.1) is 12.4 Å². The van der Waals surface area contributed by atoms with Crippen LogP contribution in [0.4, 0.5) is 0 Å². The highest BCUT2D eigenvalue weighted by atomic mass is 35.5. The Labute approximate surface area is 134 Å². The minimum Gasteiger partial charge on any atom is -0.341 e. The van der Waals surface area contributed by atoms with Crippen LogP contribution in [0.2, 0.25) is 0 Å². The Morgan fingerprint density at radius 3 is 2.29 bits per heavy atom. The molecule has 0 aliphatic carbocycles. The van der Waals surface area contributed by atoms with Gasteiger partial charge in [-0.1, -0.05) is 13.8 Å². The number of halogens is 1. The zero-order valence-electron chi connectivity index (χ0n) is 13.1. The SMILES string of the molecule is CC(C)C1CCN(C(=O)C2(S(C)(=O)=O)CCNCC2)C1.Cl. The first-order valence-electron chi connectivity index (χ1n) is 7.47. The van der Waals surface area contributed by atoms with Crippen molar-refractivity contribution >= 4 is 28.2 Å². The predicted molar refractivity (Wildman–Crippen MR) is 86.5 cm³/mol. The second-order valence-corrected chi connectivity index (χ2v) is 8.89. The Morgan fingerprint density at radius 1 is 1.29 bits per heavy atom. The van der Waals surface area contributed by atoms with Crippen molar-refractivity contribution in [1.29, 1.82) is 0 Å². The number of sulfone groups is 1. The number of nitrogens with one attached hydrogen (secondary N) is 1. The number of carbonyl (C=O) groups is 1. The van der Waals surface area contributed by atoms with E-state index in [0.717, 1.165) is 6.42 Å². The van der Waals surface area contributed by atoms with Crippen molar-refractivity contribution in [3.8, 4) is 0 Å². The molecule has 0 spiro atoms. The molecule has 1 N–H and O–H groups in total. The molecule has 21 heavy (non-hydrogen) atoms. The van der Waals surface area contributed by atoms with Crippen molar-refractivity contribution in [2.45, 2.75) is 37.9 Å². The maximum absolute atomic E-state index is 12.9. The van der Waals surface area contributed by atoms with Crippen LogP contribution in [-0.4, -0.2) is 56.4 Å². The lowest BCUT2D eigenvalue weighted by molar-refractivity contribution is -0.133. The normalized spacial score (nSPS) is 25.7. The Bertz CT molecular complexity index is 473. The molecule has 0 aromatic rings. The number of nitrogens with zero attached hydrogens (tertiary/aromatic N) is 1. The summed E-state index contributed by atoms with van der Waals surface area (Å²) in [5.41, 5.74) is 0. The van der Waals surface area contributed by atoms with Gasteiger partial charge in [0.05, 0.1) is 0 Å². The van der Waals surface area contributed by atoms with E-state index in [0.29, 0.717) is 50.9 Å². The second kappa shape index (κ2) is 6.84. The van der Waals surface area contributed by atoms with Crippen LogP contribution in [0.15, 0.2) is 0 Å². The van der Waals surface area contributed by atoms with Crippen LogP contribution in [0.3, 0.4) is 0 Å². The molecule has 5 nitrogen and oxygen atoms in total. The molecule has 2 saturated heterocycles. The highest BCUT2D eigenvalue weighted by Crippen LogP contribution is 2.33. The van der Waals surface area contributed by atoms with E-state index in [1.54, 1.807) is 4.90 Å². The van der Waals surface area contributed by atoms with Gasteiger partial charge in [0.25, 0.3) is 0 Å². The lowest BCUT2D eigenvalue weighted by atomic mass is 9.94. The average Bonchev–Trinajstić information content (AvgIpc) is 2.87. The fourth-order valence-corrected chi connectivity index (χ4v) is 4.77. The highest BCUT2D eigenvalue weighted by molar-refractivity contribution is 7.92. The van der Waals surface area contributed by atoms with E-state index in [1.165, 1.54) is 6.26 Å². The van der Waals surface area contributed by atoms with E-state index in [1.807, 2.05) is 0 Å². The maximum atomic E-state index is 12.9. The summed E-state index contributed by atoms with van der Waals surface area (Å²) >= 11 is 0. The fourth-order valence-electron chi connectivity index (χ4n) is 3.38. The van der Waals surface area contributed by atoms with Crippen LogP contribution >= 0.6 is 12.4 Å². The average molecular weight is 339 g/mol. The van der Waals surface area contributed by atoms with Gasteiger partial charge >= 0.3 is 0 Å². The molecular formula is C14H27ClN2O3S. The van der Waals surface area contributed by atoms with Gasteiger partial charge in [0.15, 0.2) is 14.6 Å². The van der Waals surface area contributed by atoms with Crippen molar-refractivity contribution < 1.29 is 13.2 Å². The summed E-state index contributed by atoms with van der Waals surface area (Å²) in [5, 5.41) is 3.15. The van der Waals surface area contributed by atoms with Crippen LogP contribution in [0.1, 0.15) is 33.1 Å². The molecule has 2 aliphatic rings. The topological polar surface area (TPSA) is 66.5 Å².